The van der Waals surface area contributed by atoms with E-state index >= 15 is 0 Å². The lowest BCUT2D eigenvalue weighted by Crippen LogP contribution is -2.46. The van der Waals surface area contributed by atoms with Crippen molar-refractivity contribution >= 4 is 11.8 Å². The SMILES string of the molecule is CC1(C(O)C(=O)O)CCCCC1=O. The van der Waals surface area contributed by atoms with Gasteiger partial charge in [-0.25, -0.2) is 4.79 Å². The highest BCUT2D eigenvalue weighted by molar-refractivity contribution is 5.91. The number of Topliss-reactive ketones (excluding diaryl/α,β-unsaturated/α-hetero) is 1. The first-order valence-electron chi connectivity index (χ1n) is 4.42. The molecule has 4 heteroatoms. The molecular weight excluding hydrogens is 172 g/mol. The quantitative estimate of drug-likeness (QED) is 0.661. The van der Waals surface area contributed by atoms with Gasteiger partial charge in [0, 0.05) is 6.42 Å². The highest BCUT2D eigenvalue weighted by atomic mass is 16.4. The van der Waals surface area contributed by atoms with Gasteiger partial charge in [0.25, 0.3) is 0 Å². The van der Waals surface area contributed by atoms with Gasteiger partial charge in [-0.15, -0.1) is 0 Å². The van der Waals surface area contributed by atoms with Crippen molar-refractivity contribution in [2.24, 2.45) is 5.41 Å². The summed E-state index contributed by atoms with van der Waals surface area (Å²) >= 11 is 0. The van der Waals surface area contributed by atoms with E-state index in [2.05, 4.69) is 0 Å². The number of aliphatic hydroxyl groups excluding tert-OH is 1. The van der Waals surface area contributed by atoms with E-state index in [1.807, 2.05) is 0 Å². The summed E-state index contributed by atoms with van der Waals surface area (Å²) in [5.74, 6) is -1.44. The van der Waals surface area contributed by atoms with Crippen LogP contribution in [0.15, 0.2) is 0 Å². The van der Waals surface area contributed by atoms with Crippen molar-refractivity contribution in [3.63, 3.8) is 0 Å². The molecule has 0 heterocycles. The number of rotatable bonds is 2. The Kier molecular flexibility index (Phi) is 2.71. The van der Waals surface area contributed by atoms with Crippen molar-refractivity contribution in [1.29, 1.82) is 0 Å². The van der Waals surface area contributed by atoms with Gasteiger partial charge in [0.05, 0.1) is 5.41 Å². The van der Waals surface area contributed by atoms with E-state index in [4.69, 9.17) is 5.11 Å². The molecular formula is C9H14O4. The molecule has 0 aromatic heterocycles. The Labute approximate surface area is 76.6 Å². The van der Waals surface area contributed by atoms with Crippen molar-refractivity contribution < 1.29 is 19.8 Å². The lowest BCUT2D eigenvalue weighted by atomic mass is 9.71. The van der Waals surface area contributed by atoms with Gasteiger partial charge in [0.1, 0.15) is 5.78 Å². The van der Waals surface area contributed by atoms with Crippen molar-refractivity contribution in [3.05, 3.63) is 0 Å². The van der Waals surface area contributed by atoms with E-state index in [-0.39, 0.29) is 5.78 Å². The molecule has 13 heavy (non-hydrogen) atoms. The zero-order valence-corrected chi connectivity index (χ0v) is 7.62. The largest absolute Gasteiger partial charge is 0.479 e. The Hall–Kier alpha value is -0.900. The Bertz CT molecular complexity index is 236. The molecule has 0 aliphatic heterocycles. The van der Waals surface area contributed by atoms with E-state index in [0.717, 1.165) is 12.8 Å². The molecule has 0 bridgehead atoms. The summed E-state index contributed by atoms with van der Waals surface area (Å²) in [6, 6.07) is 0. The average Bonchev–Trinajstić information content (AvgIpc) is 2.09. The topological polar surface area (TPSA) is 74.6 Å². The molecule has 4 nitrogen and oxygen atoms in total. The number of aliphatic hydroxyl groups is 1. The minimum atomic E-state index is -1.56. The number of carboxylic acids is 1. The van der Waals surface area contributed by atoms with E-state index < -0.39 is 17.5 Å². The number of hydrogen-bond acceptors (Lipinski definition) is 3. The third-order valence-electron chi connectivity index (χ3n) is 2.82. The normalized spacial score (nSPS) is 31.4. The van der Waals surface area contributed by atoms with Gasteiger partial charge in [-0.1, -0.05) is 6.42 Å². The maximum absolute atomic E-state index is 11.4. The van der Waals surface area contributed by atoms with Crippen LogP contribution in [0.5, 0.6) is 0 Å². The summed E-state index contributed by atoms with van der Waals surface area (Å²) in [4.78, 5) is 22.0. The molecule has 1 aliphatic rings. The summed E-state index contributed by atoms with van der Waals surface area (Å²) in [5.41, 5.74) is -1.07. The highest BCUT2D eigenvalue weighted by Gasteiger charge is 2.44. The van der Waals surface area contributed by atoms with E-state index in [1.165, 1.54) is 6.92 Å². The zero-order valence-electron chi connectivity index (χ0n) is 7.62. The number of carbonyl (C=O) groups is 2. The van der Waals surface area contributed by atoms with E-state index in [0.29, 0.717) is 12.8 Å². The van der Waals surface area contributed by atoms with Gasteiger partial charge in [-0.05, 0) is 19.8 Å². The Balaban J connectivity index is 2.83. The minimum absolute atomic E-state index is 0.131. The van der Waals surface area contributed by atoms with E-state index in [9.17, 15) is 14.7 Å². The van der Waals surface area contributed by atoms with Crippen LogP contribution in [0.1, 0.15) is 32.6 Å². The van der Waals surface area contributed by atoms with Crippen LogP contribution >= 0.6 is 0 Å². The fourth-order valence-electron chi connectivity index (χ4n) is 1.76. The smallest absolute Gasteiger partial charge is 0.333 e. The lowest BCUT2D eigenvalue weighted by molar-refractivity contribution is -0.161. The summed E-state index contributed by atoms with van der Waals surface area (Å²) in [5, 5.41) is 18.0. The predicted octanol–water partition coefficient (Wildman–Crippen LogP) is 0.581. The third kappa shape index (κ3) is 1.72. The first kappa shape index (κ1) is 10.2. The summed E-state index contributed by atoms with van der Waals surface area (Å²) in [6.45, 7) is 1.54. The first-order chi connectivity index (χ1) is 5.98. The van der Waals surface area contributed by atoms with Gasteiger partial charge < -0.3 is 10.2 Å². The van der Waals surface area contributed by atoms with Gasteiger partial charge in [-0.3, -0.25) is 4.79 Å². The fourth-order valence-corrected chi connectivity index (χ4v) is 1.76. The minimum Gasteiger partial charge on any atom is -0.479 e. The average molecular weight is 186 g/mol. The van der Waals surface area contributed by atoms with Gasteiger partial charge >= 0.3 is 5.97 Å². The molecule has 1 fully saturated rings. The van der Waals surface area contributed by atoms with Gasteiger partial charge in [0.15, 0.2) is 6.10 Å². The second kappa shape index (κ2) is 3.46. The van der Waals surface area contributed by atoms with Crippen molar-refractivity contribution in [2.75, 3.05) is 0 Å². The predicted molar refractivity (Wildman–Crippen MR) is 45.2 cm³/mol. The molecule has 0 radical (unpaired) electrons. The van der Waals surface area contributed by atoms with Crippen LogP contribution in [0.3, 0.4) is 0 Å². The van der Waals surface area contributed by atoms with Crippen molar-refractivity contribution in [3.8, 4) is 0 Å². The molecule has 0 saturated heterocycles. The van der Waals surface area contributed by atoms with Crippen LogP contribution in [0.25, 0.3) is 0 Å². The lowest BCUT2D eigenvalue weighted by Gasteiger charge is -2.33. The molecule has 2 atom stereocenters. The first-order valence-corrected chi connectivity index (χ1v) is 4.42. The Morgan fingerprint density at radius 2 is 2.15 bits per heavy atom. The zero-order chi connectivity index (χ0) is 10.1. The molecule has 0 aromatic rings. The van der Waals surface area contributed by atoms with Crippen LogP contribution in [0, 0.1) is 5.41 Å². The van der Waals surface area contributed by atoms with Crippen LogP contribution in [-0.4, -0.2) is 28.1 Å². The van der Waals surface area contributed by atoms with Crippen LogP contribution in [-0.2, 0) is 9.59 Å². The number of carbonyl (C=O) groups excluding carboxylic acids is 1. The van der Waals surface area contributed by atoms with Crippen molar-refractivity contribution in [2.45, 2.75) is 38.7 Å². The highest BCUT2D eigenvalue weighted by Crippen LogP contribution is 2.35. The second-order valence-electron chi connectivity index (χ2n) is 3.79. The summed E-state index contributed by atoms with van der Waals surface area (Å²) in [7, 11) is 0. The van der Waals surface area contributed by atoms with Crippen LogP contribution in [0.2, 0.25) is 0 Å². The van der Waals surface area contributed by atoms with Gasteiger partial charge in [-0.2, -0.15) is 0 Å². The summed E-state index contributed by atoms with van der Waals surface area (Å²) < 4.78 is 0. The molecule has 74 valence electrons. The second-order valence-corrected chi connectivity index (χ2v) is 3.79. The molecule has 0 aromatic carbocycles. The standard InChI is InChI=1S/C9H14O4/c1-9(7(11)8(12)13)5-3-2-4-6(9)10/h7,11H,2-5H2,1H3,(H,12,13). The maximum atomic E-state index is 11.4. The fraction of sp³-hybridized carbons (Fsp3) is 0.778. The maximum Gasteiger partial charge on any atom is 0.333 e. The monoisotopic (exact) mass is 186 g/mol. The molecule has 0 spiro atoms. The van der Waals surface area contributed by atoms with Crippen LogP contribution < -0.4 is 0 Å². The van der Waals surface area contributed by atoms with E-state index in [1.54, 1.807) is 0 Å². The Morgan fingerprint density at radius 1 is 1.54 bits per heavy atom. The van der Waals surface area contributed by atoms with Crippen molar-refractivity contribution in [1.82, 2.24) is 0 Å². The molecule has 1 aliphatic carbocycles. The molecule has 1 rings (SSSR count). The molecule has 1 saturated carbocycles. The molecule has 2 unspecified atom stereocenters. The number of carboxylic acid groups (broad SMARTS) is 1. The third-order valence-corrected chi connectivity index (χ3v) is 2.82. The van der Waals surface area contributed by atoms with Gasteiger partial charge in [0.2, 0.25) is 0 Å². The number of ketones is 1. The number of aliphatic carboxylic acids is 1. The molecule has 0 amide bonds. The Morgan fingerprint density at radius 3 is 2.62 bits per heavy atom. The summed E-state index contributed by atoms with van der Waals surface area (Å²) in [6.07, 6.45) is 0.924. The number of hydrogen-bond donors (Lipinski definition) is 2. The molecule has 2 N–H and O–H groups in total. The van der Waals surface area contributed by atoms with Crippen LogP contribution in [0.4, 0.5) is 0 Å².